The van der Waals surface area contributed by atoms with Crippen LogP contribution in [0.4, 0.5) is 0 Å². The standard InChI is InChI=1S/C9H14N2O3S/c10-5-8-4-9(14-11-8)7-2-1-3-15(12,13)6-7/h4,7H,1-3,5-6,10H2. The number of hydrogen-bond acceptors (Lipinski definition) is 5. The number of hydrogen-bond donors (Lipinski definition) is 1. The highest BCUT2D eigenvalue weighted by atomic mass is 32.2. The van der Waals surface area contributed by atoms with Crippen molar-refractivity contribution in [3.63, 3.8) is 0 Å². The van der Waals surface area contributed by atoms with Crippen molar-refractivity contribution >= 4 is 9.84 Å². The first-order valence-corrected chi connectivity index (χ1v) is 6.79. The van der Waals surface area contributed by atoms with Crippen LogP contribution in [0.15, 0.2) is 10.6 Å². The van der Waals surface area contributed by atoms with Crippen molar-refractivity contribution in [3.05, 3.63) is 17.5 Å². The van der Waals surface area contributed by atoms with Gasteiger partial charge in [0.15, 0.2) is 9.84 Å². The lowest BCUT2D eigenvalue weighted by Gasteiger charge is -2.18. The molecule has 5 nitrogen and oxygen atoms in total. The van der Waals surface area contributed by atoms with Crippen LogP contribution in [0.2, 0.25) is 0 Å². The molecule has 84 valence electrons. The summed E-state index contributed by atoms with van der Waals surface area (Å²) in [6, 6.07) is 1.76. The zero-order valence-electron chi connectivity index (χ0n) is 8.35. The Hall–Kier alpha value is -0.880. The minimum absolute atomic E-state index is 0.0449. The minimum atomic E-state index is -2.90. The molecular formula is C9H14N2O3S. The number of nitrogens with zero attached hydrogens (tertiary/aromatic N) is 1. The van der Waals surface area contributed by atoms with Gasteiger partial charge in [0, 0.05) is 18.5 Å². The SMILES string of the molecule is NCc1cc(C2CCCS(=O)(=O)C2)on1. The first-order chi connectivity index (χ1) is 7.11. The lowest BCUT2D eigenvalue weighted by atomic mass is 10.0. The van der Waals surface area contributed by atoms with E-state index in [1.54, 1.807) is 6.07 Å². The van der Waals surface area contributed by atoms with Gasteiger partial charge in [-0.2, -0.15) is 0 Å². The molecule has 1 atom stereocenters. The molecule has 1 aromatic heterocycles. The van der Waals surface area contributed by atoms with E-state index in [0.29, 0.717) is 30.2 Å². The van der Waals surface area contributed by atoms with Crippen molar-refractivity contribution in [1.82, 2.24) is 5.16 Å². The smallest absolute Gasteiger partial charge is 0.151 e. The fourth-order valence-corrected chi connectivity index (χ4v) is 3.58. The largest absolute Gasteiger partial charge is 0.361 e. The van der Waals surface area contributed by atoms with Crippen LogP contribution in [-0.2, 0) is 16.4 Å². The molecule has 1 unspecified atom stereocenters. The number of nitrogens with two attached hydrogens (primary N) is 1. The first kappa shape index (κ1) is 10.6. The number of rotatable bonds is 2. The summed E-state index contributed by atoms with van der Waals surface area (Å²) in [5, 5.41) is 3.76. The van der Waals surface area contributed by atoms with E-state index in [2.05, 4.69) is 5.16 Å². The zero-order valence-corrected chi connectivity index (χ0v) is 9.16. The highest BCUT2D eigenvalue weighted by molar-refractivity contribution is 7.91. The topological polar surface area (TPSA) is 86.2 Å². The Balaban J connectivity index is 2.17. The second kappa shape index (κ2) is 3.94. The summed E-state index contributed by atoms with van der Waals surface area (Å²) >= 11 is 0. The summed E-state index contributed by atoms with van der Waals surface area (Å²) in [5.74, 6) is 1.07. The minimum Gasteiger partial charge on any atom is -0.361 e. The predicted molar refractivity (Wildman–Crippen MR) is 55.0 cm³/mol. The van der Waals surface area contributed by atoms with Crippen molar-refractivity contribution in [2.24, 2.45) is 5.73 Å². The molecule has 6 heteroatoms. The van der Waals surface area contributed by atoms with E-state index >= 15 is 0 Å². The molecule has 0 bridgehead atoms. The van der Waals surface area contributed by atoms with Gasteiger partial charge in [-0.25, -0.2) is 8.42 Å². The molecule has 0 radical (unpaired) electrons. The van der Waals surface area contributed by atoms with Gasteiger partial charge in [-0.05, 0) is 12.8 Å². The molecule has 0 aliphatic carbocycles. The molecule has 0 amide bonds. The van der Waals surface area contributed by atoms with Gasteiger partial charge < -0.3 is 10.3 Å². The van der Waals surface area contributed by atoms with Gasteiger partial charge in [0.25, 0.3) is 0 Å². The van der Waals surface area contributed by atoms with Crippen LogP contribution in [0, 0.1) is 0 Å². The molecule has 1 aliphatic heterocycles. The van der Waals surface area contributed by atoms with E-state index in [4.69, 9.17) is 10.3 Å². The Morgan fingerprint density at radius 3 is 3.00 bits per heavy atom. The maximum Gasteiger partial charge on any atom is 0.151 e. The zero-order chi connectivity index (χ0) is 10.9. The van der Waals surface area contributed by atoms with E-state index in [-0.39, 0.29) is 11.7 Å². The Morgan fingerprint density at radius 1 is 1.60 bits per heavy atom. The van der Waals surface area contributed by atoms with Crippen LogP contribution in [0.5, 0.6) is 0 Å². The van der Waals surface area contributed by atoms with Crippen molar-refractivity contribution in [1.29, 1.82) is 0 Å². The first-order valence-electron chi connectivity index (χ1n) is 4.97. The monoisotopic (exact) mass is 230 g/mol. The predicted octanol–water partition coefficient (Wildman–Crippen LogP) is 0.425. The van der Waals surface area contributed by atoms with Crippen LogP contribution in [0.1, 0.15) is 30.2 Å². The average Bonchev–Trinajstić information content (AvgIpc) is 2.64. The summed E-state index contributed by atoms with van der Waals surface area (Å²) < 4.78 is 27.9. The molecule has 2 N–H and O–H groups in total. The van der Waals surface area contributed by atoms with Crippen molar-refractivity contribution in [2.75, 3.05) is 11.5 Å². The maximum atomic E-state index is 11.4. The van der Waals surface area contributed by atoms with E-state index < -0.39 is 9.84 Å². The molecule has 0 saturated carbocycles. The van der Waals surface area contributed by atoms with Crippen LogP contribution < -0.4 is 5.73 Å². The fourth-order valence-electron chi connectivity index (χ4n) is 1.86. The van der Waals surface area contributed by atoms with Gasteiger partial charge in [-0.1, -0.05) is 5.16 Å². The quantitative estimate of drug-likeness (QED) is 0.796. The van der Waals surface area contributed by atoms with Gasteiger partial charge >= 0.3 is 0 Å². The van der Waals surface area contributed by atoms with Crippen molar-refractivity contribution in [2.45, 2.75) is 25.3 Å². The second-order valence-electron chi connectivity index (χ2n) is 3.88. The average molecular weight is 230 g/mol. The van der Waals surface area contributed by atoms with Crippen LogP contribution in [-0.4, -0.2) is 25.1 Å². The van der Waals surface area contributed by atoms with Gasteiger partial charge in [0.05, 0.1) is 17.2 Å². The van der Waals surface area contributed by atoms with Crippen molar-refractivity contribution < 1.29 is 12.9 Å². The van der Waals surface area contributed by atoms with Crippen LogP contribution in [0.3, 0.4) is 0 Å². The van der Waals surface area contributed by atoms with Crippen LogP contribution >= 0.6 is 0 Å². The normalized spacial score (nSPS) is 25.3. The molecule has 2 rings (SSSR count). The van der Waals surface area contributed by atoms with Crippen LogP contribution in [0.25, 0.3) is 0 Å². The lowest BCUT2D eigenvalue weighted by molar-refractivity contribution is 0.352. The third-order valence-electron chi connectivity index (χ3n) is 2.65. The third-order valence-corrected chi connectivity index (χ3v) is 4.47. The summed E-state index contributed by atoms with van der Waals surface area (Å²) in [7, 11) is -2.90. The molecule has 1 aromatic rings. The Labute approximate surface area is 88.5 Å². The summed E-state index contributed by atoms with van der Waals surface area (Å²) in [6.07, 6.45) is 1.55. The Morgan fingerprint density at radius 2 is 2.40 bits per heavy atom. The van der Waals surface area contributed by atoms with Gasteiger partial charge in [-0.3, -0.25) is 0 Å². The third kappa shape index (κ3) is 2.38. The van der Waals surface area contributed by atoms with Gasteiger partial charge in [-0.15, -0.1) is 0 Å². The highest BCUT2D eigenvalue weighted by Crippen LogP contribution is 2.28. The summed E-state index contributed by atoms with van der Waals surface area (Å²) in [6.45, 7) is 0.322. The fraction of sp³-hybridized carbons (Fsp3) is 0.667. The molecule has 15 heavy (non-hydrogen) atoms. The lowest BCUT2D eigenvalue weighted by Crippen LogP contribution is -2.23. The van der Waals surface area contributed by atoms with E-state index in [1.807, 2.05) is 0 Å². The molecule has 1 saturated heterocycles. The van der Waals surface area contributed by atoms with Gasteiger partial charge in [0.2, 0.25) is 0 Å². The summed E-state index contributed by atoms with van der Waals surface area (Å²) in [4.78, 5) is 0. The molecule has 0 aromatic carbocycles. The highest BCUT2D eigenvalue weighted by Gasteiger charge is 2.28. The molecule has 0 spiro atoms. The second-order valence-corrected chi connectivity index (χ2v) is 6.11. The maximum absolute atomic E-state index is 11.4. The van der Waals surface area contributed by atoms with Gasteiger partial charge in [0.1, 0.15) is 5.76 Å². The van der Waals surface area contributed by atoms with E-state index in [1.165, 1.54) is 0 Å². The molecule has 1 fully saturated rings. The number of aromatic nitrogens is 1. The Bertz CT molecular complexity index is 438. The van der Waals surface area contributed by atoms with E-state index in [0.717, 1.165) is 6.42 Å². The van der Waals surface area contributed by atoms with Crippen molar-refractivity contribution in [3.8, 4) is 0 Å². The molecule has 2 heterocycles. The number of sulfone groups is 1. The molecular weight excluding hydrogens is 216 g/mol. The molecule has 1 aliphatic rings. The summed E-state index contributed by atoms with van der Waals surface area (Å²) in [5.41, 5.74) is 6.08. The van der Waals surface area contributed by atoms with E-state index in [9.17, 15) is 8.42 Å². The Kier molecular flexibility index (Phi) is 2.79.